The highest BCUT2D eigenvalue weighted by Gasteiger charge is 2.04. The van der Waals surface area contributed by atoms with Crippen molar-refractivity contribution < 1.29 is 0 Å². The first-order valence-electron chi connectivity index (χ1n) is 6.93. The van der Waals surface area contributed by atoms with E-state index in [2.05, 4.69) is 43.4 Å². The lowest BCUT2D eigenvalue weighted by atomic mass is 10.1. The summed E-state index contributed by atoms with van der Waals surface area (Å²) in [6, 6.07) is 14.6. The summed E-state index contributed by atoms with van der Waals surface area (Å²) in [5.41, 5.74) is 2.69. The van der Waals surface area contributed by atoms with E-state index in [1.54, 1.807) is 11.8 Å². The fraction of sp³-hybridized carbons (Fsp3) is 0.294. The lowest BCUT2D eigenvalue weighted by Gasteiger charge is -2.10. The van der Waals surface area contributed by atoms with Gasteiger partial charge >= 0.3 is 0 Å². The second kappa shape index (κ2) is 7.72. The van der Waals surface area contributed by atoms with Gasteiger partial charge in [0.15, 0.2) is 0 Å². The van der Waals surface area contributed by atoms with Crippen molar-refractivity contribution in [3.05, 3.63) is 58.6 Å². The van der Waals surface area contributed by atoms with Crippen LogP contribution in [0.5, 0.6) is 0 Å². The van der Waals surface area contributed by atoms with Crippen molar-refractivity contribution in [2.45, 2.75) is 36.6 Å². The van der Waals surface area contributed by atoms with Gasteiger partial charge in [-0.05, 0) is 55.3 Å². The summed E-state index contributed by atoms with van der Waals surface area (Å²) in [5, 5.41) is 4.25. The minimum absolute atomic E-state index is 0.809. The lowest BCUT2D eigenvalue weighted by Crippen LogP contribution is -2.14. The number of nitrogens with one attached hydrogen (secondary N) is 1. The van der Waals surface area contributed by atoms with Gasteiger partial charge < -0.3 is 5.32 Å². The van der Waals surface area contributed by atoms with E-state index in [0.717, 1.165) is 23.0 Å². The van der Waals surface area contributed by atoms with Crippen molar-refractivity contribution in [2.75, 3.05) is 6.54 Å². The normalized spacial score (nSPS) is 10.8. The van der Waals surface area contributed by atoms with Gasteiger partial charge in [0.05, 0.1) is 5.02 Å². The highest BCUT2D eigenvalue weighted by molar-refractivity contribution is 7.99. The molecule has 0 aromatic heterocycles. The third kappa shape index (κ3) is 4.27. The molecule has 0 unspecified atom stereocenters. The minimum Gasteiger partial charge on any atom is -0.313 e. The van der Waals surface area contributed by atoms with Gasteiger partial charge in [-0.25, -0.2) is 0 Å². The molecule has 3 heteroatoms. The molecule has 0 bridgehead atoms. The Labute approximate surface area is 130 Å². The van der Waals surface area contributed by atoms with Crippen molar-refractivity contribution in [1.82, 2.24) is 5.32 Å². The van der Waals surface area contributed by atoms with Gasteiger partial charge in [0.25, 0.3) is 0 Å². The zero-order valence-electron chi connectivity index (χ0n) is 11.9. The summed E-state index contributed by atoms with van der Waals surface area (Å²) in [6.45, 7) is 6.36. The van der Waals surface area contributed by atoms with E-state index >= 15 is 0 Å². The molecule has 0 aliphatic rings. The molecule has 0 heterocycles. The van der Waals surface area contributed by atoms with Crippen LogP contribution in [0, 0.1) is 6.92 Å². The summed E-state index contributed by atoms with van der Waals surface area (Å²) in [7, 11) is 0. The maximum absolute atomic E-state index is 6.20. The third-order valence-electron chi connectivity index (χ3n) is 3.12. The average Bonchev–Trinajstić information content (AvgIpc) is 2.44. The van der Waals surface area contributed by atoms with Gasteiger partial charge in [0.1, 0.15) is 0 Å². The monoisotopic (exact) mass is 305 g/mol. The van der Waals surface area contributed by atoms with Crippen LogP contribution in [-0.4, -0.2) is 6.54 Å². The first-order valence-corrected chi connectivity index (χ1v) is 8.12. The number of benzene rings is 2. The van der Waals surface area contributed by atoms with Crippen molar-refractivity contribution >= 4 is 23.4 Å². The Balaban J connectivity index is 2.07. The van der Waals surface area contributed by atoms with Crippen LogP contribution in [0.2, 0.25) is 5.02 Å². The lowest BCUT2D eigenvalue weighted by molar-refractivity contribution is 0.673. The van der Waals surface area contributed by atoms with E-state index in [4.69, 9.17) is 11.6 Å². The number of hydrogen-bond acceptors (Lipinski definition) is 2. The van der Waals surface area contributed by atoms with Crippen LogP contribution in [0.3, 0.4) is 0 Å². The van der Waals surface area contributed by atoms with E-state index in [1.807, 2.05) is 18.2 Å². The standard InChI is InChI=1S/C17H20ClNS/c1-3-10-19-12-14-8-9-15(11-13(14)2)20-17-7-5-4-6-16(17)18/h4-9,11,19H,3,10,12H2,1-2H3. The highest BCUT2D eigenvalue weighted by Crippen LogP contribution is 2.33. The maximum Gasteiger partial charge on any atom is 0.0545 e. The van der Waals surface area contributed by atoms with Gasteiger partial charge in [0.2, 0.25) is 0 Å². The largest absolute Gasteiger partial charge is 0.313 e. The summed E-state index contributed by atoms with van der Waals surface area (Å²) < 4.78 is 0. The number of rotatable bonds is 6. The first-order chi connectivity index (χ1) is 9.70. The molecule has 106 valence electrons. The van der Waals surface area contributed by atoms with Crippen molar-refractivity contribution in [3.8, 4) is 0 Å². The molecule has 20 heavy (non-hydrogen) atoms. The zero-order chi connectivity index (χ0) is 14.4. The SMILES string of the molecule is CCCNCc1ccc(Sc2ccccc2Cl)cc1C. The van der Waals surface area contributed by atoms with E-state index in [9.17, 15) is 0 Å². The molecule has 0 atom stereocenters. The van der Waals surface area contributed by atoms with Gasteiger partial charge in [0, 0.05) is 16.3 Å². The fourth-order valence-corrected chi connectivity index (χ4v) is 3.17. The molecule has 2 aromatic carbocycles. The maximum atomic E-state index is 6.20. The Hall–Kier alpha value is -0.960. The average molecular weight is 306 g/mol. The van der Waals surface area contributed by atoms with E-state index in [-0.39, 0.29) is 0 Å². The summed E-state index contributed by atoms with van der Waals surface area (Å²) in [4.78, 5) is 2.33. The second-order valence-corrected chi connectivity index (χ2v) is 6.32. The van der Waals surface area contributed by atoms with E-state index in [1.165, 1.54) is 22.4 Å². The Kier molecular flexibility index (Phi) is 5.96. The number of aryl methyl sites for hydroxylation is 1. The van der Waals surface area contributed by atoms with Crippen LogP contribution in [0.1, 0.15) is 24.5 Å². The number of hydrogen-bond donors (Lipinski definition) is 1. The van der Waals surface area contributed by atoms with Crippen molar-refractivity contribution in [1.29, 1.82) is 0 Å². The molecule has 0 aliphatic heterocycles. The summed E-state index contributed by atoms with van der Waals surface area (Å²) >= 11 is 7.91. The fourth-order valence-electron chi connectivity index (χ4n) is 1.98. The van der Waals surface area contributed by atoms with Crippen molar-refractivity contribution in [2.24, 2.45) is 0 Å². The molecule has 0 aliphatic carbocycles. The minimum atomic E-state index is 0.809. The van der Waals surface area contributed by atoms with Gasteiger partial charge in [-0.15, -0.1) is 0 Å². The predicted octanol–water partition coefficient (Wildman–Crippen LogP) is 5.30. The molecule has 1 N–H and O–H groups in total. The Morgan fingerprint density at radius 3 is 2.65 bits per heavy atom. The Morgan fingerprint density at radius 1 is 1.15 bits per heavy atom. The molecule has 0 radical (unpaired) electrons. The summed E-state index contributed by atoms with van der Waals surface area (Å²) in [6.07, 6.45) is 1.17. The quantitative estimate of drug-likeness (QED) is 0.727. The molecular formula is C17H20ClNS. The number of halogens is 1. The molecule has 0 saturated heterocycles. The van der Waals surface area contributed by atoms with Crippen LogP contribution in [0.4, 0.5) is 0 Å². The molecule has 2 rings (SSSR count). The Morgan fingerprint density at radius 2 is 1.95 bits per heavy atom. The van der Waals surface area contributed by atoms with Gasteiger partial charge in [-0.2, -0.15) is 0 Å². The molecule has 0 amide bonds. The van der Waals surface area contributed by atoms with Crippen LogP contribution in [0.25, 0.3) is 0 Å². The van der Waals surface area contributed by atoms with Crippen LogP contribution < -0.4 is 5.32 Å². The molecule has 0 saturated carbocycles. The topological polar surface area (TPSA) is 12.0 Å². The zero-order valence-corrected chi connectivity index (χ0v) is 13.5. The second-order valence-electron chi connectivity index (χ2n) is 4.80. The van der Waals surface area contributed by atoms with Crippen LogP contribution in [0.15, 0.2) is 52.3 Å². The van der Waals surface area contributed by atoms with E-state index < -0.39 is 0 Å². The molecule has 2 aromatic rings. The third-order valence-corrected chi connectivity index (χ3v) is 4.63. The van der Waals surface area contributed by atoms with Crippen LogP contribution in [-0.2, 0) is 6.54 Å². The molecular weight excluding hydrogens is 286 g/mol. The Bertz CT molecular complexity index is 569. The van der Waals surface area contributed by atoms with Crippen molar-refractivity contribution in [3.63, 3.8) is 0 Å². The van der Waals surface area contributed by atoms with E-state index in [0.29, 0.717) is 0 Å². The van der Waals surface area contributed by atoms with Gasteiger partial charge in [-0.1, -0.05) is 48.5 Å². The smallest absolute Gasteiger partial charge is 0.0545 e. The summed E-state index contributed by atoms with van der Waals surface area (Å²) in [5.74, 6) is 0. The molecule has 0 spiro atoms. The van der Waals surface area contributed by atoms with Gasteiger partial charge in [-0.3, -0.25) is 0 Å². The molecule has 0 fully saturated rings. The highest BCUT2D eigenvalue weighted by atomic mass is 35.5. The predicted molar refractivity (Wildman–Crippen MR) is 88.8 cm³/mol. The first kappa shape index (κ1) is 15.4. The molecule has 1 nitrogen and oxygen atoms in total. The van der Waals surface area contributed by atoms with Crippen LogP contribution >= 0.6 is 23.4 Å².